The second kappa shape index (κ2) is 10.9. The van der Waals surface area contributed by atoms with Crippen molar-refractivity contribution in [2.24, 2.45) is 0 Å². The summed E-state index contributed by atoms with van der Waals surface area (Å²) in [7, 11) is 0. The Hall–Kier alpha value is -0.0166. The molecule has 0 heterocycles. The third kappa shape index (κ3) is 5.75. The van der Waals surface area contributed by atoms with Crippen LogP contribution in [0.2, 0.25) is 0 Å². The van der Waals surface area contributed by atoms with E-state index in [-0.39, 0.29) is 50.3 Å². The van der Waals surface area contributed by atoms with Crippen molar-refractivity contribution in [3.8, 4) is 0 Å². The van der Waals surface area contributed by atoms with Gasteiger partial charge in [-0.05, 0) is 20.4 Å². The molecule has 0 amide bonds. The van der Waals surface area contributed by atoms with Crippen LogP contribution >= 0.6 is 0 Å². The van der Waals surface area contributed by atoms with E-state index in [0.29, 0.717) is 5.71 Å². The predicted octanol–water partition coefficient (Wildman–Crippen LogP) is -4.79. The predicted molar refractivity (Wildman–Crippen MR) is 59.4 cm³/mol. The van der Waals surface area contributed by atoms with Gasteiger partial charge in [-0.3, -0.25) is 4.90 Å². The number of rotatable bonds is 3. The minimum atomic E-state index is -0.485. The van der Waals surface area contributed by atoms with Crippen LogP contribution in [0.1, 0.15) is 20.8 Å². The molecule has 0 aromatic heterocycles. The van der Waals surface area contributed by atoms with E-state index in [1.165, 1.54) is 0 Å². The molecule has 2 unspecified atom stereocenters. The average Bonchev–Trinajstić information content (AvgIpc) is 2.18. The SMILES string of the molecule is CCN(C(C)O)C1C=CC(=[N+]=[N-])C(C)=C1.[Cl-].[Cl-].[Zn+2]. The molecule has 7 heteroatoms. The Kier molecular flexibility index (Phi) is 13.9. The zero-order valence-electron chi connectivity index (χ0n) is 10.8. The van der Waals surface area contributed by atoms with Crippen molar-refractivity contribution in [1.29, 1.82) is 0 Å². The summed E-state index contributed by atoms with van der Waals surface area (Å²) in [5.41, 5.74) is 10.2. The van der Waals surface area contributed by atoms with E-state index in [1.54, 1.807) is 13.0 Å². The third-order valence-corrected chi connectivity index (χ3v) is 2.61. The van der Waals surface area contributed by atoms with Crippen LogP contribution in [0, 0.1) is 0 Å². The maximum Gasteiger partial charge on any atom is 2.00 e. The van der Waals surface area contributed by atoms with Gasteiger partial charge in [0.05, 0.1) is 0 Å². The van der Waals surface area contributed by atoms with Gasteiger partial charge in [-0.2, -0.15) is 4.79 Å². The van der Waals surface area contributed by atoms with Crippen molar-refractivity contribution in [1.82, 2.24) is 4.90 Å². The molecule has 0 aromatic carbocycles. The van der Waals surface area contributed by atoms with Gasteiger partial charge in [0.25, 0.3) is 0 Å². The molecular formula is C11H17Cl2N3OZn. The van der Waals surface area contributed by atoms with E-state index in [2.05, 4.69) is 4.79 Å². The number of halogens is 2. The molecule has 0 spiro atoms. The molecule has 1 aliphatic carbocycles. The Morgan fingerprint density at radius 2 is 2.06 bits per heavy atom. The van der Waals surface area contributed by atoms with Crippen LogP contribution in [0.15, 0.2) is 23.8 Å². The fourth-order valence-corrected chi connectivity index (χ4v) is 1.76. The first-order valence-corrected chi connectivity index (χ1v) is 5.13. The molecule has 2 atom stereocenters. The van der Waals surface area contributed by atoms with Crippen molar-refractivity contribution in [2.45, 2.75) is 33.0 Å². The first kappa shape index (κ1) is 23.1. The first-order valence-electron chi connectivity index (χ1n) is 5.13. The van der Waals surface area contributed by atoms with Crippen LogP contribution in [0.3, 0.4) is 0 Å². The van der Waals surface area contributed by atoms with Crippen LogP contribution in [0.5, 0.6) is 0 Å². The summed E-state index contributed by atoms with van der Waals surface area (Å²) >= 11 is 0. The molecular weight excluding hydrogens is 326 g/mol. The monoisotopic (exact) mass is 341 g/mol. The van der Waals surface area contributed by atoms with Crippen LogP contribution in [0.4, 0.5) is 0 Å². The Morgan fingerprint density at radius 1 is 1.50 bits per heavy atom. The standard InChI is InChI=1S/C11H17N3O.2ClH.Zn/c1-4-14(9(3)15)10-5-6-11(13-12)8(2)7-10;;;/h5-7,9-10,15H,4H2,1-3H3;2*1H;/q;;;+2/p-2. The van der Waals surface area contributed by atoms with Crippen molar-refractivity contribution in [2.75, 3.05) is 6.54 Å². The van der Waals surface area contributed by atoms with Gasteiger partial charge in [-0.25, -0.2) is 0 Å². The van der Waals surface area contributed by atoms with Gasteiger partial charge in [0.1, 0.15) is 6.23 Å². The number of aliphatic hydroxyl groups is 1. The molecule has 0 saturated heterocycles. The fourth-order valence-electron chi connectivity index (χ4n) is 1.76. The largest absolute Gasteiger partial charge is 2.00 e. The number of nitrogens with zero attached hydrogens (tertiary/aromatic N) is 3. The quantitative estimate of drug-likeness (QED) is 0.242. The molecule has 1 aliphatic rings. The summed E-state index contributed by atoms with van der Waals surface area (Å²) in [5, 5.41) is 9.56. The van der Waals surface area contributed by atoms with Gasteiger partial charge in [0.2, 0.25) is 0 Å². The minimum absolute atomic E-state index is 0. The molecule has 0 aromatic rings. The van der Waals surface area contributed by atoms with E-state index in [9.17, 15) is 5.11 Å². The van der Waals surface area contributed by atoms with E-state index >= 15 is 0 Å². The van der Waals surface area contributed by atoms with Gasteiger partial charge in [0.15, 0.2) is 0 Å². The van der Waals surface area contributed by atoms with Crippen molar-refractivity contribution >= 4 is 5.71 Å². The molecule has 1 N–H and O–H groups in total. The third-order valence-electron chi connectivity index (χ3n) is 2.61. The maximum atomic E-state index is 9.56. The summed E-state index contributed by atoms with van der Waals surface area (Å²) in [5.74, 6) is 0. The summed E-state index contributed by atoms with van der Waals surface area (Å²) in [6.45, 7) is 6.40. The number of hydrogen-bond acceptors (Lipinski definition) is 2. The van der Waals surface area contributed by atoms with E-state index < -0.39 is 6.23 Å². The number of allylic oxidation sites excluding steroid dienone is 2. The average molecular weight is 344 g/mol. The smallest absolute Gasteiger partial charge is 1.00 e. The number of likely N-dealkylation sites (N-methyl/N-ethyl adjacent to an activating group) is 1. The van der Waals surface area contributed by atoms with Crippen LogP contribution in [0.25, 0.3) is 5.53 Å². The van der Waals surface area contributed by atoms with Crippen LogP contribution in [-0.2, 0) is 19.5 Å². The minimum Gasteiger partial charge on any atom is -1.00 e. The molecule has 18 heavy (non-hydrogen) atoms. The molecule has 1 rings (SSSR count). The zero-order chi connectivity index (χ0) is 11.4. The fraction of sp³-hybridized carbons (Fsp3) is 0.545. The van der Waals surface area contributed by atoms with Gasteiger partial charge < -0.3 is 35.5 Å². The van der Waals surface area contributed by atoms with E-state index in [0.717, 1.165) is 12.1 Å². The first-order chi connectivity index (χ1) is 7.10. The molecule has 4 nitrogen and oxygen atoms in total. The van der Waals surface area contributed by atoms with Crippen molar-refractivity contribution < 1.29 is 54.2 Å². The second-order valence-corrected chi connectivity index (χ2v) is 3.65. The summed E-state index contributed by atoms with van der Waals surface area (Å²) in [4.78, 5) is 5.11. The zero-order valence-corrected chi connectivity index (χ0v) is 15.3. The number of hydrogen-bond donors (Lipinski definition) is 1. The molecule has 0 radical (unpaired) electrons. The Labute approximate surface area is 133 Å². The topological polar surface area (TPSA) is 59.9 Å². The van der Waals surface area contributed by atoms with Gasteiger partial charge in [0, 0.05) is 17.7 Å². The summed E-state index contributed by atoms with van der Waals surface area (Å²) in [6.07, 6.45) is 5.18. The van der Waals surface area contributed by atoms with Gasteiger partial charge in [-0.15, -0.1) is 0 Å². The molecule has 0 fully saturated rings. The van der Waals surface area contributed by atoms with Crippen LogP contribution in [-0.4, -0.2) is 39.3 Å². The Morgan fingerprint density at radius 3 is 2.39 bits per heavy atom. The van der Waals surface area contributed by atoms with E-state index in [4.69, 9.17) is 5.53 Å². The van der Waals surface area contributed by atoms with Crippen LogP contribution < -0.4 is 24.8 Å². The normalized spacial score (nSPS) is 18.8. The van der Waals surface area contributed by atoms with Crippen molar-refractivity contribution in [3.05, 3.63) is 29.3 Å². The maximum absolute atomic E-state index is 9.56. The van der Waals surface area contributed by atoms with Gasteiger partial charge in [-0.1, -0.05) is 19.1 Å². The summed E-state index contributed by atoms with van der Waals surface area (Å²) in [6, 6.07) is 0.0699. The molecule has 0 bridgehead atoms. The number of aliphatic hydroxyl groups excluding tert-OH is 1. The van der Waals surface area contributed by atoms with Gasteiger partial charge >= 0.3 is 25.2 Å². The molecule has 98 valence electrons. The second-order valence-electron chi connectivity index (χ2n) is 3.65. The van der Waals surface area contributed by atoms with Crippen molar-refractivity contribution in [3.63, 3.8) is 0 Å². The Balaban J connectivity index is -0.000000750. The molecule has 0 aliphatic heterocycles. The Bertz CT molecular complexity index is 352. The molecule has 0 saturated carbocycles. The summed E-state index contributed by atoms with van der Waals surface area (Å²) < 4.78 is 0. The van der Waals surface area contributed by atoms with E-state index in [1.807, 2.05) is 30.9 Å².